The summed E-state index contributed by atoms with van der Waals surface area (Å²) >= 11 is 0. The number of carbonyl (C=O) groups excluding carboxylic acids is 3. The van der Waals surface area contributed by atoms with Crippen LogP contribution in [-0.2, 0) is 28.5 Å². The van der Waals surface area contributed by atoms with Crippen molar-refractivity contribution in [2.75, 3.05) is 26.3 Å². The molecule has 3 amide bonds. The highest BCUT2D eigenvalue weighted by atomic mass is 16.7. The highest BCUT2D eigenvalue weighted by Crippen LogP contribution is 2.26. The molecular weight excluding hydrogens is 524 g/mol. The molecule has 3 fully saturated rings. The fourth-order valence-electron chi connectivity index (χ4n) is 4.49. The van der Waals surface area contributed by atoms with Gasteiger partial charge in [0.2, 0.25) is 11.8 Å². The summed E-state index contributed by atoms with van der Waals surface area (Å²) in [7, 11) is 0. The number of amides is 3. The lowest BCUT2D eigenvalue weighted by Crippen LogP contribution is -2.61. The molecule has 3 heterocycles. The third-order valence-electron chi connectivity index (χ3n) is 6.68. The van der Waals surface area contributed by atoms with Crippen molar-refractivity contribution in [2.24, 2.45) is 5.73 Å². The summed E-state index contributed by atoms with van der Waals surface area (Å²) in [6.45, 7) is 8.34. The minimum atomic E-state index is -1.27. The van der Waals surface area contributed by atoms with Crippen LogP contribution in [0.4, 0.5) is 4.79 Å². The minimum Gasteiger partial charge on any atom is -0.444 e. The Morgan fingerprint density at radius 3 is 2.38 bits per heavy atom. The molecule has 0 aromatic carbocycles. The van der Waals surface area contributed by atoms with Gasteiger partial charge in [-0.15, -0.1) is 0 Å². The lowest BCUT2D eigenvalue weighted by molar-refractivity contribution is -0.292. The zero-order valence-electron chi connectivity index (χ0n) is 24.4. The molecule has 40 heavy (non-hydrogen) atoms. The number of fused-ring (bicyclic) bond motifs is 6. The van der Waals surface area contributed by atoms with Crippen LogP contribution in [-0.4, -0.2) is 103 Å². The smallest absolute Gasteiger partial charge is 0.407 e. The normalized spacial score (nSPS) is 26.5. The van der Waals surface area contributed by atoms with Crippen molar-refractivity contribution in [3.63, 3.8) is 0 Å². The monoisotopic (exact) mass is 574 g/mol. The largest absolute Gasteiger partial charge is 0.444 e. The average Bonchev–Trinajstić information content (AvgIpc) is 3.02. The van der Waals surface area contributed by atoms with Crippen LogP contribution in [0, 0.1) is 0 Å². The number of hydrogen-bond acceptors (Lipinski definition) is 10. The molecule has 0 saturated carbocycles. The SMILES string of the molecule is CCCCC[C@H](N)C(=O)N[C@@H](CCCCNC(=O)OC(C)(C)C)C(=O)NCC1OC2OCCCOC1C(O)C2O. The number of hydrogen-bond donors (Lipinski definition) is 6. The van der Waals surface area contributed by atoms with Crippen LogP contribution in [0.3, 0.4) is 0 Å². The maximum absolute atomic E-state index is 13.2. The topological polar surface area (TPSA) is 191 Å². The van der Waals surface area contributed by atoms with Crippen molar-refractivity contribution < 1.29 is 43.5 Å². The molecule has 7 atom stereocenters. The Morgan fingerprint density at radius 2 is 1.68 bits per heavy atom. The Kier molecular flexibility index (Phi) is 14.6. The number of rotatable bonds is 14. The molecular formula is C27H50N4O9. The number of ether oxygens (including phenoxy) is 4. The van der Waals surface area contributed by atoms with Crippen LogP contribution in [0.1, 0.15) is 79.1 Å². The number of aliphatic hydroxyl groups is 2. The lowest BCUT2D eigenvalue weighted by atomic mass is 9.98. The zero-order chi connectivity index (χ0) is 29.7. The van der Waals surface area contributed by atoms with Gasteiger partial charge in [0.25, 0.3) is 0 Å². The summed E-state index contributed by atoms with van der Waals surface area (Å²) in [6, 6.07) is -1.60. The predicted octanol–water partition coefficient (Wildman–Crippen LogP) is 0.442. The summed E-state index contributed by atoms with van der Waals surface area (Å²) in [6.07, 6.45) is -0.411. The van der Waals surface area contributed by atoms with Gasteiger partial charge in [0.15, 0.2) is 6.29 Å². The molecule has 2 bridgehead atoms. The molecule has 0 aromatic heterocycles. The molecule has 3 aliphatic rings. The molecule has 0 aromatic rings. The van der Waals surface area contributed by atoms with Crippen molar-refractivity contribution in [2.45, 2.75) is 127 Å². The van der Waals surface area contributed by atoms with E-state index in [1.54, 1.807) is 20.8 Å². The number of nitrogens with two attached hydrogens (primary N) is 1. The fourth-order valence-corrected chi connectivity index (χ4v) is 4.49. The predicted molar refractivity (Wildman–Crippen MR) is 146 cm³/mol. The molecule has 5 unspecified atom stereocenters. The van der Waals surface area contributed by atoms with Gasteiger partial charge in [-0.2, -0.15) is 0 Å². The summed E-state index contributed by atoms with van der Waals surface area (Å²) in [5, 5.41) is 29.0. The molecule has 232 valence electrons. The number of nitrogens with one attached hydrogen (secondary N) is 3. The minimum absolute atomic E-state index is 0.0255. The van der Waals surface area contributed by atoms with E-state index >= 15 is 0 Å². The molecule has 0 spiro atoms. The van der Waals surface area contributed by atoms with Crippen molar-refractivity contribution in [3.05, 3.63) is 0 Å². The van der Waals surface area contributed by atoms with Crippen LogP contribution < -0.4 is 21.7 Å². The zero-order valence-corrected chi connectivity index (χ0v) is 24.4. The van der Waals surface area contributed by atoms with E-state index in [1.165, 1.54) is 0 Å². The van der Waals surface area contributed by atoms with Crippen molar-refractivity contribution in [1.82, 2.24) is 16.0 Å². The fraction of sp³-hybridized carbons (Fsp3) is 0.889. The van der Waals surface area contributed by atoms with E-state index in [2.05, 4.69) is 22.9 Å². The first-order valence-corrected chi connectivity index (χ1v) is 14.5. The van der Waals surface area contributed by atoms with Crippen LogP contribution in [0.25, 0.3) is 0 Å². The van der Waals surface area contributed by atoms with Crippen molar-refractivity contribution in [3.8, 4) is 0 Å². The second kappa shape index (κ2) is 17.0. The Balaban J connectivity index is 1.95. The summed E-state index contributed by atoms with van der Waals surface area (Å²) in [5.74, 6) is -0.847. The molecule has 3 rings (SSSR count). The van der Waals surface area contributed by atoms with E-state index in [0.29, 0.717) is 51.9 Å². The Labute approximate surface area is 237 Å². The third-order valence-corrected chi connectivity index (χ3v) is 6.68. The number of unbranched alkanes of at least 4 members (excludes halogenated alkanes) is 3. The number of alkyl carbamates (subject to hydrolysis) is 1. The third kappa shape index (κ3) is 11.8. The van der Waals surface area contributed by atoms with Gasteiger partial charge in [0.1, 0.15) is 36.1 Å². The summed E-state index contributed by atoms with van der Waals surface area (Å²) < 4.78 is 22.3. The standard InChI is InChI=1S/C27H50N4O9/c1-5-6-7-11-17(28)23(34)31-18(12-8-9-13-29-26(36)40-27(2,3)4)24(35)30-16-19-22-20(32)21(33)25(39-19)38-15-10-14-37-22/h17-22,25,32-33H,5-16,28H2,1-4H3,(H,29,36)(H,30,35)(H,31,34)/t17-,18-,19?,20?,21?,22?,25?/m0/s1. The Bertz CT molecular complexity index is 792. The first-order valence-electron chi connectivity index (χ1n) is 14.5. The van der Waals surface area contributed by atoms with Gasteiger partial charge < -0.3 is 50.8 Å². The first-order chi connectivity index (χ1) is 18.9. The Hall–Kier alpha value is -2.03. The van der Waals surface area contributed by atoms with Crippen LogP contribution in [0.2, 0.25) is 0 Å². The second-order valence-electron chi connectivity index (χ2n) is 11.4. The van der Waals surface area contributed by atoms with E-state index in [9.17, 15) is 24.6 Å². The van der Waals surface area contributed by atoms with Crippen LogP contribution in [0.5, 0.6) is 0 Å². The van der Waals surface area contributed by atoms with E-state index in [0.717, 1.165) is 19.3 Å². The maximum Gasteiger partial charge on any atom is 0.407 e. The van der Waals surface area contributed by atoms with Gasteiger partial charge >= 0.3 is 6.09 Å². The average molecular weight is 575 g/mol. The van der Waals surface area contributed by atoms with E-state index in [4.69, 9.17) is 24.7 Å². The van der Waals surface area contributed by atoms with Gasteiger partial charge in [-0.3, -0.25) is 9.59 Å². The molecule has 13 heteroatoms. The highest BCUT2D eigenvalue weighted by Gasteiger charge is 2.46. The van der Waals surface area contributed by atoms with Gasteiger partial charge in [0.05, 0.1) is 12.6 Å². The van der Waals surface area contributed by atoms with Crippen LogP contribution in [0.15, 0.2) is 0 Å². The highest BCUT2D eigenvalue weighted by molar-refractivity contribution is 5.89. The van der Waals surface area contributed by atoms with Crippen LogP contribution >= 0.6 is 0 Å². The van der Waals surface area contributed by atoms with Gasteiger partial charge in [0, 0.05) is 19.7 Å². The van der Waals surface area contributed by atoms with Gasteiger partial charge in [-0.1, -0.05) is 26.2 Å². The first kappa shape index (κ1) is 34.2. The molecule has 13 nitrogen and oxygen atoms in total. The molecule has 0 aliphatic carbocycles. The van der Waals surface area contributed by atoms with E-state index in [-0.39, 0.29) is 6.54 Å². The van der Waals surface area contributed by atoms with E-state index < -0.39 is 66.3 Å². The maximum atomic E-state index is 13.2. The summed E-state index contributed by atoms with van der Waals surface area (Å²) in [4.78, 5) is 37.8. The number of carbonyl (C=O) groups is 3. The lowest BCUT2D eigenvalue weighted by Gasteiger charge is -2.41. The molecule has 3 saturated heterocycles. The Morgan fingerprint density at radius 1 is 0.975 bits per heavy atom. The quantitative estimate of drug-likeness (QED) is 0.159. The van der Waals surface area contributed by atoms with Gasteiger partial charge in [-0.05, 0) is 52.9 Å². The molecule has 3 aliphatic heterocycles. The van der Waals surface area contributed by atoms with Gasteiger partial charge in [-0.25, -0.2) is 4.79 Å². The molecule has 7 N–H and O–H groups in total. The van der Waals surface area contributed by atoms with E-state index in [1.807, 2.05) is 0 Å². The molecule has 0 radical (unpaired) electrons. The second-order valence-corrected chi connectivity index (χ2v) is 11.4. The van der Waals surface area contributed by atoms with Crippen molar-refractivity contribution in [1.29, 1.82) is 0 Å². The number of aliphatic hydroxyl groups excluding tert-OH is 2. The summed E-state index contributed by atoms with van der Waals surface area (Å²) in [5.41, 5.74) is 5.47. The van der Waals surface area contributed by atoms with Crippen molar-refractivity contribution >= 4 is 17.9 Å².